The Morgan fingerprint density at radius 2 is 2.00 bits per heavy atom. The van der Waals surface area contributed by atoms with Gasteiger partial charge in [0, 0.05) is 25.0 Å². The summed E-state index contributed by atoms with van der Waals surface area (Å²) < 4.78 is 44.8. The predicted molar refractivity (Wildman–Crippen MR) is 114 cm³/mol. The first-order valence-electron chi connectivity index (χ1n) is 9.18. The van der Waals surface area contributed by atoms with Gasteiger partial charge in [-0.3, -0.25) is 9.36 Å². The summed E-state index contributed by atoms with van der Waals surface area (Å²) in [6, 6.07) is 8.10. The van der Waals surface area contributed by atoms with E-state index in [4.69, 9.17) is 16.3 Å². The van der Waals surface area contributed by atoms with Crippen molar-refractivity contribution in [1.82, 2.24) is 25.1 Å². The quantitative estimate of drug-likeness (QED) is 0.352. The van der Waals surface area contributed by atoms with Gasteiger partial charge in [0.2, 0.25) is 5.91 Å². The number of carbonyl (C=O) groups is 1. The molecule has 3 aromatic rings. The zero-order valence-electron chi connectivity index (χ0n) is 16.7. The molecule has 0 saturated carbocycles. The van der Waals surface area contributed by atoms with E-state index in [2.05, 4.69) is 25.8 Å². The van der Waals surface area contributed by atoms with E-state index >= 15 is 0 Å². The number of alkyl halides is 3. The molecule has 0 atom stereocenters. The van der Waals surface area contributed by atoms with Gasteiger partial charge in [-0.05, 0) is 30.3 Å². The maximum absolute atomic E-state index is 12.6. The van der Waals surface area contributed by atoms with Gasteiger partial charge in [-0.25, -0.2) is 4.98 Å². The third kappa shape index (κ3) is 6.26. The number of ether oxygens (including phenoxy) is 1. The minimum Gasteiger partial charge on any atom is -0.497 e. The van der Waals surface area contributed by atoms with Crippen LogP contribution in [0.1, 0.15) is 5.56 Å². The predicted octanol–water partition coefficient (Wildman–Crippen LogP) is 3.66. The van der Waals surface area contributed by atoms with Gasteiger partial charge in [0.1, 0.15) is 17.9 Å². The van der Waals surface area contributed by atoms with Gasteiger partial charge in [0.15, 0.2) is 5.16 Å². The van der Waals surface area contributed by atoms with Crippen molar-refractivity contribution in [3.05, 3.63) is 53.4 Å². The van der Waals surface area contributed by atoms with E-state index in [1.807, 2.05) is 12.1 Å². The van der Waals surface area contributed by atoms with Crippen molar-refractivity contribution < 1.29 is 22.7 Å². The zero-order valence-corrected chi connectivity index (χ0v) is 18.3. The third-order valence-corrected chi connectivity index (χ3v) is 5.34. The van der Waals surface area contributed by atoms with Gasteiger partial charge in [0.25, 0.3) is 0 Å². The maximum atomic E-state index is 12.6. The molecule has 13 heteroatoms. The van der Waals surface area contributed by atoms with Crippen LogP contribution in [0.4, 0.5) is 19.0 Å². The second-order valence-electron chi connectivity index (χ2n) is 6.30. The lowest BCUT2D eigenvalue weighted by molar-refractivity contribution is -0.137. The summed E-state index contributed by atoms with van der Waals surface area (Å²) >= 11 is 7.04. The molecular weight excluding hydrogens is 469 g/mol. The molecule has 3 rings (SSSR count). The molecule has 0 aliphatic heterocycles. The molecule has 0 unspecified atom stereocenters. The van der Waals surface area contributed by atoms with Crippen LogP contribution in [0.25, 0.3) is 5.69 Å². The molecule has 0 bridgehead atoms. The molecule has 1 aromatic carbocycles. The molecule has 0 saturated heterocycles. The Kier molecular flexibility index (Phi) is 7.80. The first-order chi connectivity index (χ1) is 15.3. The average molecular weight is 487 g/mol. The van der Waals surface area contributed by atoms with Crippen molar-refractivity contribution in [1.29, 1.82) is 0 Å². The number of aromatic nitrogens is 4. The first kappa shape index (κ1) is 23.7. The van der Waals surface area contributed by atoms with Crippen LogP contribution in [0.3, 0.4) is 0 Å². The molecule has 170 valence electrons. The van der Waals surface area contributed by atoms with Crippen LogP contribution in [-0.2, 0) is 11.0 Å². The van der Waals surface area contributed by atoms with E-state index in [1.54, 1.807) is 30.1 Å². The summed E-state index contributed by atoms with van der Waals surface area (Å²) in [7, 11) is 1.58. The smallest absolute Gasteiger partial charge is 0.417 e. The standard InChI is InChI=1S/C19H18ClF3N6O2S/c1-31-14-4-2-13(3-5-14)29-11-27-28-18(29)32-10-16(30)24-6-7-25-17-15(20)8-12(9-26-17)19(21,22)23/h2-5,8-9,11H,6-7,10H2,1H3,(H,24,30)(H,25,26). The Labute approximate surface area is 190 Å². The SMILES string of the molecule is COc1ccc(-n2cnnc2SCC(=O)NCCNc2ncc(C(F)(F)F)cc2Cl)cc1. The number of anilines is 1. The Balaban J connectivity index is 1.44. The summed E-state index contributed by atoms with van der Waals surface area (Å²) in [5.74, 6) is 0.689. The van der Waals surface area contributed by atoms with Gasteiger partial charge in [0.05, 0.1) is 23.4 Å². The van der Waals surface area contributed by atoms with Gasteiger partial charge in [-0.1, -0.05) is 23.4 Å². The third-order valence-electron chi connectivity index (χ3n) is 4.11. The number of carbonyl (C=O) groups excluding carboxylic acids is 1. The summed E-state index contributed by atoms with van der Waals surface area (Å²) in [5, 5.41) is 13.8. The number of nitrogens with one attached hydrogen (secondary N) is 2. The van der Waals surface area contributed by atoms with E-state index in [-0.39, 0.29) is 35.6 Å². The summed E-state index contributed by atoms with van der Waals surface area (Å²) in [4.78, 5) is 15.8. The fourth-order valence-corrected chi connectivity index (χ4v) is 3.52. The minimum atomic E-state index is -4.52. The molecule has 0 radical (unpaired) electrons. The second kappa shape index (κ2) is 10.6. The van der Waals surface area contributed by atoms with Gasteiger partial charge < -0.3 is 15.4 Å². The number of pyridine rings is 1. The highest BCUT2D eigenvalue weighted by Crippen LogP contribution is 2.32. The molecule has 0 aliphatic carbocycles. The van der Waals surface area contributed by atoms with Crippen molar-refractivity contribution in [2.45, 2.75) is 11.3 Å². The Bertz CT molecular complexity index is 1060. The zero-order chi connectivity index (χ0) is 23.1. The van der Waals surface area contributed by atoms with Crippen LogP contribution in [0.5, 0.6) is 5.75 Å². The Morgan fingerprint density at radius 1 is 1.25 bits per heavy atom. The lowest BCUT2D eigenvalue weighted by atomic mass is 10.3. The molecule has 2 aromatic heterocycles. The molecular formula is C19H18ClF3N6O2S. The van der Waals surface area contributed by atoms with Crippen LogP contribution in [0.2, 0.25) is 5.02 Å². The average Bonchev–Trinajstić information content (AvgIpc) is 3.24. The van der Waals surface area contributed by atoms with Gasteiger partial charge in [-0.15, -0.1) is 10.2 Å². The van der Waals surface area contributed by atoms with Crippen molar-refractivity contribution in [2.24, 2.45) is 0 Å². The number of methoxy groups -OCH3 is 1. The molecule has 2 heterocycles. The second-order valence-corrected chi connectivity index (χ2v) is 7.65. The molecule has 0 aliphatic rings. The monoisotopic (exact) mass is 486 g/mol. The summed E-state index contributed by atoms with van der Waals surface area (Å²) in [6.07, 6.45) is -2.27. The van der Waals surface area contributed by atoms with Crippen LogP contribution in [0, 0.1) is 0 Å². The minimum absolute atomic E-state index is 0.105. The number of nitrogens with zero attached hydrogens (tertiary/aromatic N) is 4. The molecule has 1 amide bonds. The topological polar surface area (TPSA) is 94.0 Å². The van der Waals surface area contributed by atoms with E-state index in [9.17, 15) is 18.0 Å². The van der Waals surface area contributed by atoms with Crippen LogP contribution in [-0.4, -0.2) is 51.6 Å². The molecule has 0 spiro atoms. The largest absolute Gasteiger partial charge is 0.497 e. The van der Waals surface area contributed by atoms with Crippen molar-refractivity contribution in [3.63, 3.8) is 0 Å². The fraction of sp³-hybridized carbons (Fsp3) is 0.263. The molecule has 32 heavy (non-hydrogen) atoms. The lowest BCUT2D eigenvalue weighted by Gasteiger charge is -2.11. The summed E-state index contributed by atoms with van der Waals surface area (Å²) in [6.45, 7) is 0.458. The number of halogens is 4. The Hall–Kier alpha value is -2.99. The van der Waals surface area contributed by atoms with Crippen LogP contribution < -0.4 is 15.4 Å². The van der Waals surface area contributed by atoms with E-state index in [1.165, 1.54) is 11.8 Å². The summed E-state index contributed by atoms with van der Waals surface area (Å²) in [5.41, 5.74) is -0.107. The Morgan fingerprint density at radius 3 is 2.66 bits per heavy atom. The number of hydrogen-bond donors (Lipinski definition) is 2. The number of amides is 1. The van der Waals surface area contributed by atoms with Crippen molar-refractivity contribution in [3.8, 4) is 11.4 Å². The van der Waals surface area contributed by atoms with Gasteiger partial charge in [-0.2, -0.15) is 13.2 Å². The highest BCUT2D eigenvalue weighted by Gasteiger charge is 2.31. The molecule has 2 N–H and O–H groups in total. The number of benzene rings is 1. The van der Waals surface area contributed by atoms with E-state index in [0.29, 0.717) is 11.4 Å². The molecule has 8 nitrogen and oxygen atoms in total. The van der Waals surface area contributed by atoms with Crippen molar-refractivity contribution in [2.75, 3.05) is 31.3 Å². The molecule has 0 fully saturated rings. The first-order valence-corrected chi connectivity index (χ1v) is 10.5. The van der Waals surface area contributed by atoms with E-state index < -0.39 is 11.7 Å². The van der Waals surface area contributed by atoms with Gasteiger partial charge >= 0.3 is 6.18 Å². The number of rotatable bonds is 9. The highest BCUT2D eigenvalue weighted by molar-refractivity contribution is 7.99. The number of thioether (sulfide) groups is 1. The lowest BCUT2D eigenvalue weighted by Crippen LogP contribution is -2.30. The fourth-order valence-electron chi connectivity index (χ4n) is 2.53. The van der Waals surface area contributed by atoms with Crippen LogP contribution >= 0.6 is 23.4 Å². The van der Waals surface area contributed by atoms with Crippen molar-refractivity contribution >= 4 is 35.1 Å². The highest BCUT2D eigenvalue weighted by atomic mass is 35.5. The van der Waals surface area contributed by atoms with E-state index in [0.717, 1.165) is 17.5 Å². The van der Waals surface area contributed by atoms with Crippen LogP contribution in [0.15, 0.2) is 48.0 Å². The normalized spacial score (nSPS) is 11.3. The number of hydrogen-bond acceptors (Lipinski definition) is 7. The maximum Gasteiger partial charge on any atom is 0.417 e.